The summed E-state index contributed by atoms with van der Waals surface area (Å²) in [5.74, 6) is -10.7. The second-order valence-corrected chi connectivity index (χ2v) is 11.3. The van der Waals surface area contributed by atoms with Gasteiger partial charge in [-0.05, 0) is 50.6 Å². The molecular weight excluding hydrogens is 520 g/mol. The van der Waals surface area contributed by atoms with Gasteiger partial charge in [0.15, 0.2) is 34.7 Å². The number of carbonyl (C=O) groups excluding carboxylic acids is 5. The number of benzene rings is 1. The lowest BCUT2D eigenvalue weighted by atomic mass is 9.52. The molecule has 0 bridgehead atoms. The molecule has 5 rings (SSSR count). The number of Topliss-reactive ketones (excluding diaryl/α,β-unsaturated/α-hetero) is 4. The Morgan fingerprint density at radius 1 is 1.20 bits per heavy atom. The van der Waals surface area contributed by atoms with Crippen LogP contribution in [0.4, 0.5) is 11.4 Å². The maximum Gasteiger partial charge on any atom is 0.235 e. The molecule has 0 radical (unpaired) electrons. The minimum atomic E-state index is -2.76. The van der Waals surface area contributed by atoms with Gasteiger partial charge in [0.25, 0.3) is 0 Å². The van der Waals surface area contributed by atoms with E-state index >= 15 is 0 Å². The van der Waals surface area contributed by atoms with Crippen molar-refractivity contribution in [3.05, 3.63) is 35.2 Å². The molecule has 1 heterocycles. The van der Waals surface area contributed by atoms with Crippen LogP contribution in [-0.4, -0.2) is 94.2 Å². The highest BCUT2D eigenvalue weighted by Crippen LogP contribution is 2.52. The minimum absolute atomic E-state index is 0.00263. The lowest BCUT2D eigenvalue weighted by molar-refractivity contribution is -0.181. The van der Waals surface area contributed by atoms with E-state index in [0.717, 1.165) is 5.69 Å². The Morgan fingerprint density at radius 2 is 1.90 bits per heavy atom. The first-order valence-electron chi connectivity index (χ1n) is 12.9. The third-order valence-electron chi connectivity index (χ3n) is 8.55. The van der Waals surface area contributed by atoms with Gasteiger partial charge in [-0.25, -0.2) is 0 Å². The fourth-order valence-electron chi connectivity index (χ4n) is 6.76. The number of aliphatic hydroxyl groups is 1. The van der Waals surface area contributed by atoms with E-state index < -0.39 is 64.4 Å². The number of hydrogen-bond acceptors (Lipinski definition) is 11. The number of primary amides is 1. The highest BCUT2D eigenvalue weighted by molar-refractivity contribution is 6.32. The molecule has 6 N–H and O–H groups in total. The Kier molecular flexibility index (Phi) is 6.54. The second-order valence-electron chi connectivity index (χ2n) is 11.3. The van der Waals surface area contributed by atoms with Crippen molar-refractivity contribution >= 4 is 40.4 Å². The summed E-state index contributed by atoms with van der Waals surface area (Å²) in [6, 6.07) is 2.32. The molecule has 13 heteroatoms. The van der Waals surface area contributed by atoms with Gasteiger partial charge in [0.1, 0.15) is 5.75 Å². The van der Waals surface area contributed by atoms with Crippen molar-refractivity contribution in [2.75, 3.05) is 38.4 Å². The van der Waals surface area contributed by atoms with Gasteiger partial charge in [0.05, 0.1) is 35.4 Å². The van der Waals surface area contributed by atoms with Gasteiger partial charge in [0, 0.05) is 31.9 Å². The lowest BCUT2D eigenvalue weighted by Crippen LogP contribution is -2.74. The molecule has 1 aromatic carbocycles. The summed E-state index contributed by atoms with van der Waals surface area (Å²) in [6.07, 6.45) is 1.76. The summed E-state index contributed by atoms with van der Waals surface area (Å²) in [7, 11) is 6.68. The highest BCUT2D eigenvalue weighted by atomic mass is 16.3. The van der Waals surface area contributed by atoms with Crippen LogP contribution < -0.4 is 16.0 Å². The molecule has 6 atom stereocenters. The molecule has 1 amide bonds. The van der Waals surface area contributed by atoms with Crippen LogP contribution in [0.5, 0.6) is 5.75 Å². The van der Waals surface area contributed by atoms with Crippen LogP contribution in [0.25, 0.3) is 0 Å². The monoisotopic (exact) mass is 552 g/mol. The van der Waals surface area contributed by atoms with Gasteiger partial charge in [-0.3, -0.25) is 34.0 Å². The Bertz CT molecular complexity index is 1440. The van der Waals surface area contributed by atoms with E-state index in [4.69, 9.17) is 5.73 Å². The largest absolute Gasteiger partial charge is 0.505 e. The number of aromatic amines is 1. The van der Waals surface area contributed by atoms with E-state index in [2.05, 4.69) is 15.5 Å². The van der Waals surface area contributed by atoms with Gasteiger partial charge < -0.3 is 26.2 Å². The molecule has 2 aromatic rings. The Labute approximate surface area is 229 Å². The SMILES string of the molecule is CN(C)c1cc(NCc2ccn[nH]2)c(O)c2c1C[C@H]1C[C@H]3C(N(C)C)C(=O)C(C(N)=O)C(=O)[C@@]3(O)C(=O)C1C2=O. The van der Waals surface area contributed by atoms with Crippen molar-refractivity contribution in [1.29, 1.82) is 0 Å². The van der Waals surface area contributed by atoms with Crippen molar-refractivity contribution in [2.45, 2.75) is 31.0 Å². The van der Waals surface area contributed by atoms with E-state index in [0.29, 0.717) is 11.3 Å². The molecule has 2 saturated carbocycles. The van der Waals surface area contributed by atoms with Crippen LogP contribution in [0.3, 0.4) is 0 Å². The third-order valence-corrected chi connectivity index (χ3v) is 8.55. The molecule has 212 valence electrons. The quantitative estimate of drug-likeness (QED) is 0.224. The molecule has 3 aliphatic carbocycles. The van der Waals surface area contributed by atoms with Crippen molar-refractivity contribution in [3.8, 4) is 5.75 Å². The van der Waals surface area contributed by atoms with Gasteiger partial charge in [0.2, 0.25) is 5.91 Å². The number of aromatic nitrogens is 2. The lowest BCUT2D eigenvalue weighted by Gasteiger charge is -2.52. The highest BCUT2D eigenvalue weighted by Gasteiger charge is 2.69. The minimum Gasteiger partial charge on any atom is -0.505 e. The molecule has 0 saturated heterocycles. The number of rotatable bonds is 6. The molecule has 3 aliphatic rings. The molecule has 1 aromatic heterocycles. The summed E-state index contributed by atoms with van der Waals surface area (Å²) in [5.41, 5.74) is 4.71. The van der Waals surface area contributed by atoms with Crippen LogP contribution in [0.1, 0.15) is 28.0 Å². The number of nitrogens with zero attached hydrogens (tertiary/aromatic N) is 3. The van der Waals surface area contributed by atoms with E-state index in [1.54, 1.807) is 51.4 Å². The number of nitrogens with two attached hydrogens (primary N) is 1. The zero-order valence-electron chi connectivity index (χ0n) is 22.6. The number of anilines is 2. The number of fused-ring (bicyclic) bond motifs is 3. The van der Waals surface area contributed by atoms with Crippen molar-refractivity contribution in [1.82, 2.24) is 15.1 Å². The molecule has 3 unspecified atom stereocenters. The Morgan fingerprint density at radius 3 is 2.48 bits per heavy atom. The average molecular weight is 553 g/mol. The first kappa shape index (κ1) is 27.5. The van der Waals surface area contributed by atoms with Crippen molar-refractivity contribution in [2.24, 2.45) is 29.4 Å². The van der Waals surface area contributed by atoms with Gasteiger partial charge in [-0.2, -0.15) is 5.10 Å². The summed E-state index contributed by atoms with van der Waals surface area (Å²) in [6.45, 7) is 0.267. The average Bonchev–Trinajstić information content (AvgIpc) is 3.39. The van der Waals surface area contributed by atoms with E-state index in [-0.39, 0.29) is 36.4 Å². The first-order chi connectivity index (χ1) is 18.8. The predicted octanol–water partition coefficient (Wildman–Crippen LogP) is -0.732. The van der Waals surface area contributed by atoms with E-state index in [1.807, 2.05) is 0 Å². The zero-order valence-corrected chi connectivity index (χ0v) is 22.6. The van der Waals surface area contributed by atoms with Crippen LogP contribution in [0.2, 0.25) is 0 Å². The molecule has 13 nitrogen and oxygen atoms in total. The van der Waals surface area contributed by atoms with Crippen molar-refractivity contribution < 1.29 is 34.2 Å². The summed E-state index contributed by atoms with van der Waals surface area (Å²) in [5, 5.41) is 32.7. The Balaban J connectivity index is 1.61. The molecule has 0 aliphatic heterocycles. The number of phenolic OH excluding ortho intramolecular Hbond substituents is 1. The fraction of sp³-hybridized carbons (Fsp3) is 0.481. The van der Waals surface area contributed by atoms with Crippen LogP contribution in [0, 0.1) is 23.7 Å². The standard InChI is InChI=1S/C27H32N6O7/c1-32(2)16-9-15(29-10-12-5-6-30-31-12)21(34)18-13(16)7-11-8-14-20(33(3)4)23(36)19(26(28)39)25(38)27(14,40)24(37)17(11)22(18)35/h5-6,9,11,14,17,19-20,29,34,40H,7-8,10H2,1-4H3,(H2,28,39)(H,30,31)/t11-,14-,17?,19?,20?,27-/m0/s1. The molecular formula is C27H32N6O7. The predicted molar refractivity (Wildman–Crippen MR) is 142 cm³/mol. The van der Waals surface area contributed by atoms with Crippen LogP contribution in [-0.2, 0) is 32.1 Å². The maximum atomic E-state index is 14.0. The summed E-state index contributed by atoms with van der Waals surface area (Å²) >= 11 is 0. The molecule has 40 heavy (non-hydrogen) atoms. The number of phenols is 1. The summed E-state index contributed by atoms with van der Waals surface area (Å²) in [4.78, 5) is 70.0. The molecule has 0 spiro atoms. The zero-order chi connectivity index (χ0) is 29.3. The second kappa shape index (κ2) is 9.52. The number of hydrogen-bond donors (Lipinski definition) is 5. The topological polar surface area (TPSA) is 199 Å². The van der Waals surface area contributed by atoms with Gasteiger partial charge >= 0.3 is 0 Å². The fourth-order valence-corrected chi connectivity index (χ4v) is 6.76. The summed E-state index contributed by atoms with van der Waals surface area (Å²) < 4.78 is 0. The number of ketones is 4. The van der Waals surface area contributed by atoms with E-state index in [9.17, 15) is 34.2 Å². The molecule has 2 fully saturated rings. The van der Waals surface area contributed by atoms with Crippen molar-refractivity contribution in [3.63, 3.8) is 0 Å². The van der Waals surface area contributed by atoms with Crippen LogP contribution >= 0.6 is 0 Å². The Hall–Kier alpha value is -4.10. The smallest absolute Gasteiger partial charge is 0.235 e. The first-order valence-corrected chi connectivity index (χ1v) is 12.9. The number of carbonyl (C=O) groups is 5. The third kappa shape index (κ3) is 3.83. The number of aromatic hydroxyl groups is 1. The number of amides is 1. The maximum absolute atomic E-state index is 14.0. The number of nitrogens with one attached hydrogen (secondary N) is 2. The van der Waals surface area contributed by atoms with Gasteiger partial charge in [-0.1, -0.05) is 0 Å². The normalized spacial score (nSPS) is 29.6. The number of likely N-dealkylation sites (N-methyl/N-ethyl adjacent to an activating group) is 1. The van der Waals surface area contributed by atoms with Gasteiger partial charge in [-0.15, -0.1) is 0 Å². The van der Waals surface area contributed by atoms with Crippen LogP contribution in [0.15, 0.2) is 18.3 Å². The number of H-pyrrole nitrogens is 1. The van der Waals surface area contributed by atoms with E-state index in [1.165, 1.54) is 4.90 Å².